The molecule has 0 aromatic heterocycles. The Balaban J connectivity index is 1.89. The van der Waals surface area contributed by atoms with Crippen LogP contribution in [0.1, 0.15) is 11.1 Å². The molecule has 0 bridgehead atoms. The number of hydrogen-bond donors (Lipinski definition) is 2. The lowest BCUT2D eigenvalue weighted by Gasteiger charge is -2.10. The van der Waals surface area contributed by atoms with E-state index in [4.69, 9.17) is 12.2 Å². The average molecular weight is 363 g/mol. The maximum absolute atomic E-state index is 12.0. The number of amides is 1. The zero-order chi connectivity index (χ0) is 15.2. The minimum Gasteiger partial charge on any atom is -0.332 e. The Morgan fingerprint density at radius 3 is 2.48 bits per heavy atom. The first-order valence-corrected chi connectivity index (χ1v) is 7.65. The minimum atomic E-state index is -0.126. The van der Waals surface area contributed by atoms with Crippen molar-refractivity contribution in [2.24, 2.45) is 0 Å². The fraction of sp³-hybridized carbons (Fsp3) is 0.125. The molecule has 5 heteroatoms. The maximum Gasteiger partial charge on any atom is 0.230 e. The van der Waals surface area contributed by atoms with E-state index in [1.807, 2.05) is 55.5 Å². The third-order valence-electron chi connectivity index (χ3n) is 2.97. The summed E-state index contributed by atoms with van der Waals surface area (Å²) in [6, 6.07) is 15.4. The second kappa shape index (κ2) is 7.33. The van der Waals surface area contributed by atoms with Crippen LogP contribution >= 0.6 is 28.1 Å². The number of carbonyl (C=O) groups is 1. The van der Waals surface area contributed by atoms with E-state index in [2.05, 4.69) is 26.6 Å². The van der Waals surface area contributed by atoms with Gasteiger partial charge in [0.05, 0.1) is 6.42 Å². The van der Waals surface area contributed by atoms with Crippen LogP contribution in [-0.2, 0) is 11.2 Å². The number of halogens is 1. The number of nitrogens with one attached hydrogen (secondary N) is 2. The summed E-state index contributed by atoms with van der Waals surface area (Å²) >= 11 is 8.50. The van der Waals surface area contributed by atoms with Crippen molar-refractivity contribution in [3.8, 4) is 0 Å². The summed E-state index contributed by atoms with van der Waals surface area (Å²) in [6.07, 6.45) is 0.314. The third kappa shape index (κ3) is 4.95. The molecule has 2 aromatic rings. The number of anilines is 1. The highest BCUT2D eigenvalue weighted by Crippen LogP contribution is 2.14. The van der Waals surface area contributed by atoms with Crippen LogP contribution < -0.4 is 10.6 Å². The molecule has 0 aliphatic rings. The zero-order valence-electron chi connectivity index (χ0n) is 11.5. The van der Waals surface area contributed by atoms with Crippen LogP contribution in [0.5, 0.6) is 0 Å². The van der Waals surface area contributed by atoms with Crippen molar-refractivity contribution in [2.75, 3.05) is 5.32 Å². The van der Waals surface area contributed by atoms with Crippen LogP contribution in [0.4, 0.5) is 5.69 Å². The number of hydrogen-bond acceptors (Lipinski definition) is 2. The minimum absolute atomic E-state index is 0.126. The molecule has 0 saturated heterocycles. The number of carbonyl (C=O) groups excluding carboxylic acids is 1. The lowest BCUT2D eigenvalue weighted by atomic mass is 10.1. The Bertz CT molecular complexity index is 656. The Morgan fingerprint density at radius 1 is 1.14 bits per heavy atom. The maximum atomic E-state index is 12.0. The van der Waals surface area contributed by atoms with Crippen molar-refractivity contribution < 1.29 is 4.79 Å². The number of rotatable bonds is 3. The molecule has 1 amide bonds. The summed E-state index contributed by atoms with van der Waals surface area (Å²) in [6.45, 7) is 1.99. The van der Waals surface area contributed by atoms with Gasteiger partial charge in [-0.05, 0) is 54.5 Å². The largest absolute Gasteiger partial charge is 0.332 e. The van der Waals surface area contributed by atoms with E-state index in [0.29, 0.717) is 11.5 Å². The molecule has 0 aliphatic heterocycles. The normalized spacial score (nSPS) is 10.0. The van der Waals surface area contributed by atoms with Crippen molar-refractivity contribution in [3.63, 3.8) is 0 Å². The van der Waals surface area contributed by atoms with Gasteiger partial charge >= 0.3 is 0 Å². The molecule has 0 fully saturated rings. The first-order chi connectivity index (χ1) is 10.0. The number of thiocarbonyl (C=S) groups is 1. The van der Waals surface area contributed by atoms with Crippen molar-refractivity contribution in [3.05, 3.63) is 64.1 Å². The summed E-state index contributed by atoms with van der Waals surface area (Å²) in [7, 11) is 0. The molecule has 0 aliphatic carbocycles. The zero-order valence-corrected chi connectivity index (χ0v) is 13.9. The molecule has 0 heterocycles. The summed E-state index contributed by atoms with van der Waals surface area (Å²) in [4.78, 5) is 12.0. The average Bonchev–Trinajstić information content (AvgIpc) is 2.44. The van der Waals surface area contributed by atoms with Crippen LogP contribution in [-0.4, -0.2) is 11.0 Å². The third-order valence-corrected chi connectivity index (χ3v) is 3.70. The van der Waals surface area contributed by atoms with Gasteiger partial charge in [0, 0.05) is 10.2 Å². The number of aryl methyl sites for hydroxylation is 1. The molecule has 0 atom stereocenters. The van der Waals surface area contributed by atoms with Gasteiger partial charge in [-0.1, -0.05) is 40.2 Å². The van der Waals surface area contributed by atoms with E-state index in [9.17, 15) is 4.79 Å². The summed E-state index contributed by atoms with van der Waals surface area (Å²) in [5.41, 5.74) is 2.93. The van der Waals surface area contributed by atoms with Gasteiger partial charge in [-0.25, -0.2) is 0 Å². The first-order valence-electron chi connectivity index (χ1n) is 6.45. The van der Waals surface area contributed by atoms with E-state index >= 15 is 0 Å². The molecular formula is C16H15BrN2OS. The summed E-state index contributed by atoms with van der Waals surface area (Å²) in [5.74, 6) is -0.126. The second-order valence-electron chi connectivity index (χ2n) is 4.61. The lowest BCUT2D eigenvalue weighted by Crippen LogP contribution is -2.35. The highest BCUT2D eigenvalue weighted by atomic mass is 79.9. The van der Waals surface area contributed by atoms with Crippen molar-refractivity contribution in [2.45, 2.75) is 13.3 Å². The van der Waals surface area contributed by atoms with Crippen molar-refractivity contribution in [1.29, 1.82) is 0 Å². The Hall–Kier alpha value is -1.72. The Kier molecular flexibility index (Phi) is 5.47. The molecule has 2 aromatic carbocycles. The number of benzene rings is 2. The van der Waals surface area contributed by atoms with E-state index in [1.54, 1.807) is 0 Å². The van der Waals surface area contributed by atoms with Crippen LogP contribution in [0.15, 0.2) is 53.0 Å². The van der Waals surface area contributed by atoms with E-state index in [-0.39, 0.29) is 5.91 Å². The van der Waals surface area contributed by atoms with Gasteiger partial charge in [0.2, 0.25) is 5.91 Å². The highest BCUT2D eigenvalue weighted by Gasteiger charge is 2.07. The smallest absolute Gasteiger partial charge is 0.230 e. The predicted molar refractivity (Wildman–Crippen MR) is 93.4 cm³/mol. The predicted octanol–water partition coefficient (Wildman–Crippen LogP) is 3.81. The first kappa shape index (κ1) is 15.7. The van der Waals surface area contributed by atoms with Crippen LogP contribution in [0, 0.1) is 6.92 Å². The van der Waals surface area contributed by atoms with Crippen LogP contribution in [0.2, 0.25) is 0 Å². The Labute approximate surface area is 137 Å². The van der Waals surface area contributed by atoms with Gasteiger partial charge in [-0.2, -0.15) is 0 Å². The van der Waals surface area contributed by atoms with Gasteiger partial charge < -0.3 is 10.6 Å². The quantitative estimate of drug-likeness (QED) is 0.815. The standard InChI is InChI=1S/C16H15BrN2OS/c1-11-4-2-3-5-12(11)10-15(20)19-16(21)18-14-8-6-13(17)7-9-14/h2-9H,10H2,1H3,(H2,18,19,20,21). The van der Waals surface area contributed by atoms with E-state index in [0.717, 1.165) is 21.3 Å². The van der Waals surface area contributed by atoms with E-state index < -0.39 is 0 Å². The molecule has 108 valence electrons. The van der Waals surface area contributed by atoms with Crippen LogP contribution in [0.25, 0.3) is 0 Å². The lowest BCUT2D eigenvalue weighted by molar-refractivity contribution is -0.119. The van der Waals surface area contributed by atoms with Gasteiger partial charge in [-0.3, -0.25) is 4.79 Å². The van der Waals surface area contributed by atoms with Crippen molar-refractivity contribution in [1.82, 2.24) is 5.32 Å². The van der Waals surface area contributed by atoms with Gasteiger partial charge in [0.15, 0.2) is 5.11 Å². The molecule has 0 radical (unpaired) electrons. The molecule has 2 rings (SSSR count). The molecule has 0 spiro atoms. The van der Waals surface area contributed by atoms with Gasteiger partial charge in [0.1, 0.15) is 0 Å². The summed E-state index contributed by atoms with van der Waals surface area (Å²) in [5, 5.41) is 5.97. The molecule has 0 unspecified atom stereocenters. The topological polar surface area (TPSA) is 41.1 Å². The van der Waals surface area contributed by atoms with Gasteiger partial charge in [0.25, 0.3) is 0 Å². The SMILES string of the molecule is Cc1ccccc1CC(=O)NC(=S)Nc1ccc(Br)cc1. The van der Waals surface area contributed by atoms with Gasteiger partial charge in [-0.15, -0.1) is 0 Å². The molecule has 21 heavy (non-hydrogen) atoms. The second-order valence-corrected chi connectivity index (χ2v) is 5.94. The molecule has 2 N–H and O–H groups in total. The highest BCUT2D eigenvalue weighted by molar-refractivity contribution is 9.10. The fourth-order valence-electron chi connectivity index (χ4n) is 1.85. The van der Waals surface area contributed by atoms with Crippen LogP contribution in [0.3, 0.4) is 0 Å². The molecule has 0 saturated carbocycles. The molecular weight excluding hydrogens is 348 g/mol. The monoisotopic (exact) mass is 362 g/mol. The van der Waals surface area contributed by atoms with E-state index in [1.165, 1.54) is 0 Å². The fourth-order valence-corrected chi connectivity index (χ4v) is 2.34. The Morgan fingerprint density at radius 2 is 1.81 bits per heavy atom. The summed E-state index contributed by atoms with van der Waals surface area (Å²) < 4.78 is 0.988. The molecule has 3 nitrogen and oxygen atoms in total. The van der Waals surface area contributed by atoms with Crippen molar-refractivity contribution >= 4 is 44.9 Å².